The Morgan fingerprint density at radius 1 is 1.50 bits per heavy atom. The fourth-order valence-corrected chi connectivity index (χ4v) is 4.97. The van der Waals surface area contributed by atoms with Crippen LogP contribution < -0.4 is 5.32 Å². The molecular formula is C15H22N2OS2. The second-order valence-electron chi connectivity index (χ2n) is 5.58. The summed E-state index contributed by atoms with van der Waals surface area (Å²) in [4.78, 5) is 14.9. The van der Waals surface area contributed by atoms with Crippen molar-refractivity contribution in [3.63, 3.8) is 0 Å². The molecule has 0 aromatic carbocycles. The molecule has 0 saturated carbocycles. The molecule has 0 bridgehead atoms. The Balaban J connectivity index is 1.80. The van der Waals surface area contributed by atoms with Gasteiger partial charge >= 0.3 is 0 Å². The van der Waals surface area contributed by atoms with Crippen LogP contribution in [0.25, 0.3) is 0 Å². The van der Waals surface area contributed by atoms with Crippen molar-refractivity contribution in [1.82, 2.24) is 10.2 Å². The number of hydrogen-bond acceptors (Lipinski definition) is 4. The van der Waals surface area contributed by atoms with E-state index in [4.69, 9.17) is 0 Å². The minimum Gasteiger partial charge on any atom is -0.318 e. The Kier molecular flexibility index (Phi) is 4.68. The molecule has 2 fully saturated rings. The smallest absolute Gasteiger partial charge is 0.241 e. The monoisotopic (exact) mass is 310 g/mol. The zero-order chi connectivity index (χ0) is 13.9. The van der Waals surface area contributed by atoms with Crippen molar-refractivity contribution in [3.8, 4) is 0 Å². The van der Waals surface area contributed by atoms with E-state index in [1.54, 1.807) is 11.3 Å². The van der Waals surface area contributed by atoms with Crippen molar-refractivity contribution < 1.29 is 4.79 Å². The van der Waals surface area contributed by atoms with E-state index in [1.807, 2.05) is 11.8 Å². The molecule has 1 N–H and O–H groups in total. The molecule has 3 atom stereocenters. The van der Waals surface area contributed by atoms with Crippen LogP contribution in [0.5, 0.6) is 0 Å². The van der Waals surface area contributed by atoms with Crippen molar-refractivity contribution in [3.05, 3.63) is 22.4 Å². The van der Waals surface area contributed by atoms with Gasteiger partial charge in [0.2, 0.25) is 5.91 Å². The van der Waals surface area contributed by atoms with Crippen LogP contribution in [0.1, 0.15) is 44.3 Å². The molecule has 2 saturated heterocycles. The van der Waals surface area contributed by atoms with Crippen molar-refractivity contribution in [1.29, 1.82) is 0 Å². The molecule has 2 aliphatic heterocycles. The van der Waals surface area contributed by atoms with Gasteiger partial charge in [-0.05, 0) is 41.0 Å². The predicted molar refractivity (Wildman–Crippen MR) is 86.1 cm³/mol. The van der Waals surface area contributed by atoms with Crippen LogP contribution in [0.3, 0.4) is 0 Å². The van der Waals surface area contributed by atoms with Gasteiger partial charge in [-0.3, -0.25) is 10.1 Å². The van der Waals surface area contributed by atoms with Gasteiger partial charge in [0, 0.05) is 11.8 Å². The largest absolute Gasteiger partial charge is 0.318 e. The molecule has 0 spiro atoms. The molecule has 20 heavy (non-hydrogen) atoms. The topological polar surface area (TPSA) is 32.3 Å². The minimum absolute atomic E-state index is 0.0189. The SMILES string of the molecule is CCCCC1NC(c2ccsc2)N(C2CCSC2)C1=O. The lowest BCUT2D eigenvalue weighted by Gasteiger charge is -2.29. The molecule has 110 valence electrons. The first-order valence-corrected chi connectivity index (χ1v) is 9.59. The van der Waals surface area contributed by atoms with Gasteiger partial charge in [0.15, 0.2) is 0 Å². The summed E-state index contributed by atoms with van der Waals surface area (Å²) in [5.41, 5.74) is 1.25. The number of unbranched alkanes of at least 4 members (excludes halogenated alkanes) is 1. The van der Waals surface area contributed by atoms with E-state index in [2.05, 4.69) is 34.0 Å². The summed E-state index contributed by atoms with van der Waals surface area (Å²) in [7, 11) is 0. The number of thiophene rings is 1. The van der Waals surface area contributed by atoms with Gasteiger partial charge in [-0.2, -0.15) is 23.1 Å². The number of carbonyl (C=O) groups is 1. The zero-order valence-corrected chi connectivity index (χ0v) is 13.5. The second-order valence-corrected chi connectivity index (χ2v) is 7.51. The number of rotatable bonds is 5. The van der Waals surface area contributed by atoms with E-state index in [-0.39, 0.29) is 12.2 Å². The normalized spacial score (nSPS) is 30.4. The van der Waals surface area contributed by atoms with Gasteiger partial charge in [-0.1, -0.05) is 19.8 Å². The molecule has 3 nitrogen and oxygen atoms in total. The van der Waals surface area contributed by atoms with E-state index >= 15 is 0 Å². The average Bonchev–Trinajstić information content (AvgIpc) is 3.17. The van der Waals surface area contributed by atoms with Crippen LogP contribution in [-0.4, -0.2) is 34.4 Å². The highest BCUT2D eigenvalue weighted by Gasteiger charge is 2.43. The molecule has 3 unspecified atom stereocenters. The van der Waals surface area contributed by atoms with Gasteiger partial charge in [0.1, 0.15) is 6.17 Å². The summed E-state index contributed by atoms with van der Waals surface area (Å²) in [6, 6.07) is 2.58. The maximum absolute atomic E-state index is 12.8. The number of amides is 1. The molecule has 0 radical (unpaired) electrons. The van der Waals surface area contributed by atoms with Crippen molar-refractivity contribution in [2.75, 3.05) is 11.5 Å². The second kappa shape index (κ2) is 6.50. The molecule has 1 aromatic heterocycles. The summed E-state index contributed by atoms with van der Waals surface area (Å²) in [5.74, 6) is 2.60. The molecule has 0 aliphatic carbocycles. The highest BCUT2D eigenvalue weighted by molar-refractivity contribution is 7.99. The third-order valence-electron chi connectivity index (χ3n) is 4.19. The standard InChI is InChI=1S/C15H22N2OS2/c1-2-3-4-13-15(18)17(12-6-8-20-10-12)14(16-13)11-5-7-19-9-11/h5,7,9,12-14,16H,2-4,6,8,10H2,1H3. The lowest BCUT2D eigenvalue weighted by molar-refractivity contribution is -0.132. The maximum atomic E-state index is 12.8. The number of nitrogens with zero attached hydrogens (tertiary/aromatic N) is 1. The molecule has 1 amide bonds. The first kappa shape index (κ1) is 14.4. The number of carbonyl (C=O) groups excluding carboxylic acids is 1. The van der Waals surface area contributed by atoms with Crippen LogP contribution in [0.4, 0.5) is 0 Å². The quantitative estimate of drug-likeness (QED) is 0.906. The molecular weight excluding hydrogens is 288 g/mol. The number of nitrogens with one attached hydrogen (secondary N) is 1. The highest BCUT2D eigenvalue weighted by atomic mass is 32.2. The number of thioether (sulfide) groups is 1. The zero-order valence-electron chi connectivity index (χ0n) is 11.9. The maximum Gasteiger partial charge on any atom is 0.241 e. The first-order valence-electron chi connectivity index (χ1n) is 7.49. The Labute approximate surface area is 129 Å². The van der Waals surface area contributed by atoms with Gasteiger partial charge < -0.3 is 4.90 Å². The molecule has 1 aromatic rings. The van der Waals surface area contributed by atoms with Crippen LogP contribution >= 0.6 is 23.1 Å². The van der Waals surface area contributed by atoms with Crippen molar-refractivity contribution in [2.24, 2.45) is 0 Å². The van der Waals surface area contributed by atoms with E-state index in [0.717, 1.165) is 31.4 Å². The Hall–Kier alpha value is -0.520. The third kappa shape index (κ3) is 2.76. The summed E-state index contributed by atoms with van der Waals surface area (Å²) >= 11 is 3.68. The Bertz CT molecular complexity index is 443. The Morgan fingerprint density at radius 3 is 3.05 bits per heavy atom. The van der Waals surface area contributed by atoms with Crippen LogP contribution in [-0.2, 0) is 4.79 Å². The van der Waals surface area contributed by atoms with E-state index in [9.17, 15) is 4.79 Å². The van der Waals surface area contributed by atoms with Crippen LogP contribution in [0.15, 0.2) is 16.8 Å². The van der Waals surface area contributed by atoms with Gasteiger partial charge in [0.25, 0.3) is 0 Å². The molecule has 3 heterocycles. The average molecular weight is 310 g/mol. The van der Waals surface area contributed by atoms with E-state index in [0.29, 0.717) is 11.9 Å². The molecule has 3 rings (SSSR count). The van der Waals surface area contributed by atoms with E-state index < -0.39 is 0 Å². The molecule has 5 heteroatoms. The van der Waals surface area contributed by atoms with Gasteiger partial charge in [0.05, 0.1) is 6.04 Å². The number of hydrogen-bond donors (Lipinski definition) is 1. The minimum atomic E-state index is 0.0189. The fraction of sp³-hybridized carbons (Fsp3) is 0.667. The highest BCUT2D eigenvalue weighted by Crippen LogP contribution is 2.34. The summed E-state index contributed by atoms with van der Waals surface area (Å²) in [6.07, 6.45) is 4.46. The predicted octanol–water partition coefficient (Wildman–Crippen LogP) is 3.24. The fourth-order valence-electron chi connectivity index (χ4n) is 3.08. The lowest BCUT2D eigenvalue weighted by atomic mass is 10.1. The summed E-state index contributed by atoms with van der Waals surface area (Å²) in [6.45, 7) is 2.18. The van der Waals surface area contributed by atoms with Crippen LogP contribution in [0.2, 0.25) is 0 Å². The van der Waals surface area contributed by atoms with E-state index in [1.165, 1.54) is 11.3 Å². The first-order chi connectivity index (χ1) is 9.81. The van der Waals surface area contributed by atoms with Gasteiger partial charge in [-0.15, -0.1) is 0 Å². The van der Waals surface area contributed by atoms with Crippen molar-refractivity contribution >= 4 is 29.0 Å². The van der Waals surface area contributed by atoms with Crippen LogP contribution in [0, 0.1) is 0 Å². The Morgan fingerprint density at radius 2 is 2.40 bits per heavy atom. The third-order valence-corrected chi connectivity index (χ3v) is 6.04. The summed E-state index contributed by atoms with van der Waals surface area (Å²) < 4.78 is 0. The summed E-state index contributed by atoms with van der Waals surface area (Å²) in [5, 5.41) is 7.85. The van der Waals surface area contributed by atoms with Gasteiger partial charge in [-0.25, -0.2) is 0 Å². The molecule has 2 aliphatic rings. The lowest BCUT2D eigenvalue weighted by Crippen LogP contribution is -2.40. The van der Waals surface area contributed by atoms with Crippen molar-refractivity contribution in [2.45, 2.75) is 50.9 Å².